The van der Waals surface area contributed by atoms with Gasteiger partial charge in [-0.3, -0.25) is 5.32 Å². The van der Waals surface area contributed by atoms with Gasteiger partial charge in [-0.1, -0.05) is 23.7 Å². The SMILES string of the molecule is COC(=O)c1cc(F)c(NCCCNCCCCNCCCN)cc1NC(=O)OCc1ccc(C)c(Cl)c1. The fraction of sp³-hybridized carbons (Fsp3) is 0.481. The maximum Gasteiger partial charge on any atom is 0.411 e. The highest BCUT2D eigenvalue weighted by Crippen LogP contribution is 2.26. The van der Waals surface area contributed by atoms with Crippen LogP contribution in [0, 0.1) is 12.7 Å². The summed E-state index contributed by atoms with van der Waals surface area (Å²) in [5.74, 6) is -1.41. The van der Waals surface area contributed by atoms with Crippen molar-refractivity contribution >= 4 is 35.0 Å². The van der Waals surface area contributed by atoms with Gasteiger partial charge in [-0.15, -0.1) is 0 Å². The summed E-state index contributed by atoms with van der Waals surface area (Å²) in [4.78, 5) is 24.6. The van der Waals surface area contributed by atoms with Gasteiger partial charge in [-0.25, -0.2) is 14.0 Å². The first-order chi connectivity index (χ1) is 18.3. The van der Waals surface area contributed by atoms with Crippen LogP contribution in [0.4, 0.5) is 20.6 Å². The van der Waals surface area contributed by atoms with Crippen LogP contribution in [-0.2, 0) is 16.1 Å². The van der Waals surface area contributed by atoms with Crippen LogP contribution in [0.15, 0.2) is 30.3 Å². The molecule has 0 heterocycles. The van der Waals surface area contributed by atoms with Crippen LogP contribution >= 0.6 is 11.6 Å². The predicted octanol–water partition coefficient (Wildman–Crippen LogP) is 4.43. The number of nitrogens with one attached hydrogen (secondary N) is 4. The Balaban J connectivity index is 1.83. The van der Waals surface area contributed by atoms with Crippen LogP contribution in [0.5, 0.6) is 0 Å². The highest BCUT2D eigenvalue weighted by atomic mass is 35.5. The number of nitrogens with two attached hydrogens (primary N) is 1. The number of rotatable bonds is 17. The first kappa shape index (κ1) is 31.3. The Kier molecular flexibility index (Phi) is 14.5. The minimum Gasteiger partial charge on any atom is -0.465 e. The van der Waals surface area contributed by atoms with Crippen molar-refractivity contribution in [1.29, 1.82) is 0 Å². The van der Waals surface area contributed by atoms with Crippen LogP contribution in [0.2, 0.25) is 5.02 Å². The van der Waals surface area contributed by atoms with E-state index < -0.39 is 17.9 Å². The lowest BCUT2D eigenvalue weighted by Crippen LogP contribution is -2.22. The highest BCUT2D eigenvalue weighted by Gasteiger charge is 2.19. The van der Waals surface area contributed by atoms with Gasteiger partial charge in [0.05, 0.1) is 24.0 Å². The average Bonchev–Trinajstić information content (AvgIpc) is 2.90. The molecule has 6 N–H and O–H groups in total. The molecule has 2 rings (SSSR count). The predicted molar refractivity (Wildman–Crippen MR) is 149 cm³/mol. The van der Waals surface area contributed by atoms with E-state index in [1.54, 1.807) is 12.1 Å². The third-order valence-corrected chi connectivity index (χ3v) is 6.12. The normalized spacial score (nSPS) is 10.8. The Hall–Kier alpha value is -2.92. The van der Waals surface area contributed by atoms with Crippen molar-refractivity contribution in [1.82, 2.24) is 10.6 Å². The number of methoxy groups -OCH3 is 1. The summed E-state index contributed by atoms with van der Waals surface area (Å²) >= 11 is 6.11. The van der Waals surface area contributed by atoms with Crippen LogP contribution in [0.1, 0.15) is 47.2 Å². The largest absolute Gasteiger partial charge is 0.465 e. The molecule has 0 bridgehead atoms. The molecule has 0 radical (unpaired) electrons. The maximum absolute atomic E-state index is 14.7. The van der Waals surface area contributed by atoms with E-state index in [0.29, 0.717) is 23.7 Å². The van der Waals surface area contributed by atoms with Crippen molar-refractivity contribution < 1.29 is 23.5 Å². The molecule has 2 aromatic rings. The molecular formula is C27H39ClFN5O4. The number of carbonyl (C=O) groups excluding carboxylic acids is 2. The number of esters is 1. The summed E-state index contributed by atoms with van der Waals surface area (Å²) in [5, 5.41) is 12.8. The lowest BCUT2D eigenvalue weighted by atomic mass is 10.1. The number of unbranched alkanes of at least 4 members (excludes halogenated alkanes) is 1. The zero-order valence-electron chi connectivity index (χ0n) is 22.1. The van der Waals surface area contributed by atoms with Gasteiger partial charge in [0.25, 0.3) is 0 Å². The second kappa shape index (κ2) is 17.6. The van der Waals surface area contributed by atoms with Crippen molar-refractivity contribution in [2.75, 3.05) is 57.0 Å². The van der Waals surface area contributed by atoms with Crippen molar-refractivity contribution in [2.45, 2.75) is 39.2 Å². The van der Waals surface area contributed by atoms with Crippen molar-refractivity contribution in [3.05, 3.63) is 57.9 Å². The summed E-state index contributed by atoms with van der Waals surface area (Å²) < 4.78 is 24.7. The topological polar surface area (TPSA) is 127 Å². The van der Waals surface area contributed by atoms with Gasteiger partial charge in [0.1, 0.15) is 12.4 Å². The molecule has 1 amide bonds. The minimum absolute atomic E-state index is 0.0243. The summed E-state index contributed by atoms with van der Waals surface area (Å²) in [6.07, 6.45) is 3.10. The summed E-state index contributed by atoms with van der Waals surface area (Å²) in [6, 6.07) is 7.72. The zero-order chi connectivity index (χ0) is 27.8. The number of anilines is 2. The second-order valence-corrected chi connectivity index (χ2v) is 9.19. The first-order valence-corrected chi connectivity index (χ1v) is 13.2. The fourth-order valence-electron chi connectivity index (χ4n) is 3.53. The Labute approximate surface area is 229 Å². The smallest absolute Gasteiger partial charge is 0.411 e. The third-order valence-electron chi connectivity index (χ3n) is 5.72. The van der Waals surface area contributed by atoms with E-state index in [1.165, 1.54) is 13.2 Å². The molecule has 0 aliphatic carbocycles. The molecule has 9 nitrogen and oxygen atoms in total. The Morgan fingerprint density at radius 3 is 2.29 bits per heavy atom. The molecular weight excluding hydrogens is 513 g/mol. The molecule has 0 unspecified atom stereocenters. The monoisotopic (exact) mass is 551 g/mol. The lowest BCUT2D eigenvalue weighted by Gasteiger charge is -2.15. The lowest BCUT2D eigenvalue weighted by molar-refractivity contribution is 0.0601. The minimum atomic E-state index is -0.803. The van der Waals surface area contributed by atoms with Crippen LogP contribution in [0.3, 0.4) is 0 Å². The van der Waals surface area contributed by atoms with Crippen LogP contribution < -0.4 is 27.0 Å². The summed E-state index contributed by atoms with van der Waals surface area (Å²) in [5.41, 5.74) is 7.19. The number of amides is 1. The zero-order valence-corrected chi connectivity index (χ0v) is 22.9. The molecule has 0 saturated carbocycles. The Morgan fingerprint density at radius 1 is 0.947 bits per heavy atom. The van der Waals surface area contributed by atoms with Crippen LogP contribution in [-0.4, -0.2) is 58.4 Å². The number of hydrogen-bond donors (Lipinski definition) is 5. The van der Waals surface area contributed by atoms with Crippen LogP contribution in [0.25, 0.3) is 0 Å². The van der Waals surface area contributed by atoms with E-state index in [9.17, 15) is 14.0 Å². The molecule has 0 fully saturated rings. The van der Waals surface area contributed by atoms with Crippen molar-refractivity contribution in [3.8, 4) is 0 Å². The van der Waals surface area contributed by atoms with Gasteiger partial charge in [-0.2, -0.15) is 0 Å². The maximum atomic E-state index is 14.7. The van der Waals surface area contributed by atoms with Gasteiger partial charge < -0.3 is 31.2 Å². The number of benzene rings is 2. The molecule has 0 spiro atoms. The molecule has 0 aromatic heterocycles. The average molecular weight is 552 g/mol. The number of carbonyl (C=O) groups is 2. The van der Waals surface area contributed by atoms with Gasteiger partial charge in [0.15, 0.2) is 0 Å². The van der Waals surface area contributed by atoms with E-state index in [-0.39, 0.29) is 23.5 Å². The van der Waals surface area contributed by atoms with Gasteiger partial charge in [-0.05, 0) is 94.7 Å². The second-order valence-electron chi connectivity index (χ2n) is 8.78. The number of hydrogen-bond acceptors (Lipinski definition) is 8. The first-order valence-electron chi connectivity index (χ1n) is 12.8. The summed E-state index contributed by atoms with van der Waals surface area (Å²) in [7, 11) is 1.18. The van der Waals surface area contributed by atoms with Crippen molar-refractivity contribution in [2.24, 2.45) is 5.73 Å². The third kappa shape index (κ3) is 11.2. The molecule has 11 heteroatoms. The Morgan fingerprint density at radius 2 is 1.63 bits per heavy atom. The van der Waals surface area contributed by atoms with E-state index in [0.717, 1.165) is 63.5 Å². The van der Waals surface area contributed by atoms with Gasteiger partial charge >= 0.3 is 12.1 Å². The molecule has 0 aliphatic heterocycles. The summed E-state index contributed by atoms with van der Waals surface area (Å²) in [6.45, 7) is 6.67. The van der Waals surface area contributed by atoms with Gasteiger partial charge in [0.2, 0.25) is 0 Å². The van der Waals surface area contributed by atoms with E-state index >= 15 is 0 Å². The molecule has 0 atom stereocenters. The molecule has 0 aliphatic rings. The van der Waals surface area contributed by atoms with E-state index in [4.69, 9.17) is 26.8 Å². The molecule has 2 aromatic carbocycles. The highest BCUT2D eigenvalue weighted by molar-refractivity contribution is 6.31. The van der Waals surface area contributed by atoms with E-state index in [2.05, 4.69) is 21.3 Å². The number of halogens is 2. The molecule has 38 heavy (non-hydrogen) atoms. The number of aryl methyl sites for hydroxylation is 1. The molecule has 0 saturated heterocycles. The molecule has 210 valence electrons. The quantitative estimate of drug-likeness (QED) is 0.144. The van der Waals surface area contributed by atoms with Crippen molar-refractivity contribution in [3.63, 3.8) is 0 Å². The van der Waals surface area contributed by atoms with Gasteiger partial charge in [0, 0.05) is 11.6 Å². The van der Waals surface area contributed by atoms with E-state index in [1.807, 2.05) is 13.0 Å². The number of ether oxygens (including phenoxy) is 2. The fourth-order valence-corrected chi connectivity index (χ4v) is 3.73. The standard InChI is InChI=1S/C27H39ClFN5O4/c1-19-7-8-20(15-22(19)28)18-38-27(36)34-24-17-25(23(29)16-21(24)26(35)37-2)33-14-6-13-32-11-4-3-10-31-12-5-9-30/h7-8,15-17,31-33H,3-6,9-14,18,30H2,1-2H3,(H,34,36). The Bertz CT molecular complexity index is 1040.